The largest absolute Gasteiger partial charge is 0.480 e. The van der Waals surface area contributed by atoms with Crippen molar-refractivity contribution in [3.05, 3.63) is 60.3 Å². The highest BCUT2D eigenvalue weighted by Gasteiger charge is 2.36. The molecular formula is C22H20N2O2S. The Morgan fingerprint density at radius 1 is 1.15 bits per heavy atom. The molecule has 0 unspecified atom stereocenters. The molecule has 0 atom stereocenters. The Labute approximate surface area is 162 Å². The molecule has 0 spiro atoms. The van der Waals surface area contributed by atoms with Crippen molar-refractivity contribution in [2.45, 2.75) is 36.3 Å². The number of aliphatic carboxylic acids is 1. The number of hydrogen-bond acceptors (Lipinski definition) is 4. The van der Waals surface area contributed by atoms with Crippen molar-refractivity contribution in [2.75, 3.05) is 0 Å². The summed E-state index contributed by atoms with van der Waals surface area (Å²) < 4.78 is -0.856. The van der Waals surface area contributed by atoms with E-state index in [2.05, 4.69) is 11.1 Å². The molecule has 4 nitrogen and oxygen atoms in total. The minimum absolute atomic E-state index is 0.539. The minimum Gasteiger partial charge on any atom is -0.480 e. The predicted molar refractivity (Wildman–Crippen MR) is 109 cm³/mol. The van der Waals surface area contributed by atoms with Crippen molar-refractivity contribution in [3.8, 4) is 17.2 Å². The van der Waals surface area contributed by atoms with Gasteiger partial charge in [0.05, 0.1) is 17.1 Å². The maximum absolute atomic E-state index is 11.9. The molecule has 0 saturated carbocycles. The zero-order valence-corrected chi connectivity index (χ0v) is 16.1. The Bertz CT molecular complexity index is 1040. The molecule has 0 amide bonds. The van der Waals surface area contributed by atoms with Crippen molar-refractivity contribution in [3.63, 3.8) is 0 Å². The minimum atomic E-state index is -0.856. The van der Waals surface area contributed by atoms with Gasteiger partial charge < -0.3 is 5.11 Å². The third-order valence-corrected chi connectivity index (χ3v) is 6.58. The van der Waals surface area contributed by atoms with Gasteiger partial charge in [-0.2, -0.15) is 5.26 Å². The molecule has 3 aromatic rings. The number of hydrogen-bond donors (Lipinski definition) is 1. The van der Waals surface area contributed by atoms with Gasteiger partial charge in [0, 0.05) is 16.5 Å². The number of carboxylic acids is 1. The second kappa shape index (κ2) is 7.81. The number of aromatic nitrogens is 1. The second-order valence-corrected chi connectivity index (χ2v) is 7.77. The van der Waals surface area contributed by atoms with Crippen LogP contribution in [0.25, 0.3) is 22.0 Å². The van der Waals surface area contributed by atoms with Crippen LogP contribution in [-0.4, -0.2) is 20.8 Å². The maximum Gasteiger partial charge on any atom is 0.320 e. The zero-order valence-electron chi connectivity index (χ0n) is 15.3. The summed E-state index contributed by atoms with van der Waals surface area (Å²) in [5.74, 6) is -0.791. The van der Waals surface area contributed by atoms with Crippen LogP contribution in [0.5, 0.6) is 0 Å². The highest BCUT2D eigenvalue weighted by molar-refractivity contribution is 8.01. The predicted octanol–water partition coefficient (Wildman–Crippen LogP) is 5.51. The Morgan fingerprint density at radius 2 is 1.89 bits per heavy atom. The molecule has 3 rings (SSSR count). The van der Waals surface area contributed by atoms with E-state index in [4.69, 9.17) is 5.26 Å². The summed E-state index contributed by atoms with van der Waals surface area (Å²) in [6.07, 6.45) is 2.80. The van der Waals surface area contributed by atoms with Crippen LogP contribution in [0.15, 0.2) is 59.6 Å². The summed E-state index contributed by atoms with van der Waals surface area (Å²) in [6.45, 7) is 3.82. The van der Waals surface area contributed by atoms with E-state index in [1.807, 2.05) is 56.3 Å². The second-order valence-electron chi connectivity index (χ2n) is 6.34. The van der Waals surface area contributed by atoms with Gasteiger partial charge in [-0.15, -0.1) is 11.8 Å². The molecule has 136 valence electrons. The van der Waals surface area contributed by atoms with Crippen LogP contribution in [0.1, 0.15) is 32.3 Å². The van der Waals surface area contributed by atoms with E-state index in [9.17, 15) is 9.90 Å². The Balaban J connectivity index is 2.12. The number of nitriles is 1. The van der Waals surface area contributed by atoms with Crippen molar-refractivity contribution >= 4 is 28.6 Å². The third kappa shape index (κ3) is 3.67. The van der Waals surface area contributed by atoms with E-state index in [1.54, 1.807) is 12.3 Å². The fourth-order valence-corrected chi connectivity index (χ4v) is 4.31. The molecule has 1 N–H and O–H groups in total. The summed E-state index contributed by atoms with van der Waals surface area (Å²) >= 11 is 1.39. The van der Waals surface area contributed by atoms with Crippen molar-refractivity contribution in [2.24, 2.45) is 0 Å². The van der Waals surface area contributed by atoms with Gasteiger partial charge in [0.2, 0.25) is 0 Å². The lowest BCUT2D eigenvalue weighted by molar-refractivity contribution is -0.140. The normalized spacial score (nSPS) is 11.3. The van der Waals surface area contributed by atoms with Gasteiger partial charge in [0.15, 0.2) is 0 Å². The molecule has 0 saturated heterocycles. The van der Waals surface area contributed by atoms with E-state index in [-0.39, 0.29) is 0 Å². The highest BCUT2D eigenvalue weighted by atomic mass is 32.2. The van der Waals surface area contributed by atoms with Crippen molar-refractivity contribution in [1.29, 1.82) is 5.26 Å². The van der Waals surface area contributed by atoms with E-state index in [1.165, 1.54) is 11.8 Å². The Hall–Kier alpha value is -2.84. The molecule has 5 heteroatoms. The number of carboxylic acid groups (broad SMARTS) is 1. The van der Waals surface area contributed by atoms with E-state index < -0.39 is 10.7 Å². The summed E-state index contributed by atoms with van der Waals surface area (Å²) in [5, 5.41) is 19.8. The molecule has 0 radical (unpaired) electrons. The summed E-state index contributed by atoms with van der Waals surface area (Å²) in [7, 11) is 0. The number of benzene rings is 2. The molecule has 0 aliphatic heterocycles. The van der Waals surface area contributed by atoms with Crippen molar-refractivity contribution < 1.29 is 9.90 Å². The van der Waals surface area contributed by atoms with Gasteiger partial charge in [-0.3, -0.25) is 9.78 Å². The van der Waals surface area contributed by atoms with Crippen LogP contribution in [0.3, 0.4) is 0 Å². The lowest BCUT2D eigenvalue weighted by Gasteiger charge is -2.26. The fourth-order valence-electron chi connectivity index (χ4n) is 3.11. The quantitative estimate of drug-likeness (QED) is 0.574. The van der Waals surface area contributed by atoms with Crippen molar-refractivity contribution in [1.82, 2.24) is 4.98 Å². The number of rotatable bonds is 6. The SMILES string of the molecule is CCC(CC)(Sc1ccnc2ccc(-c3cccc(C#N)c3)cc12)C(=O)O. The average Bonchev–Trinajstić information content (AvgIpc) is 2.71. The van der Waals surface area contributed by atoms with E-state index in [0.717, 1.165) is 26.9 Å². The highest BCUT2D eigenvalue weighted by Crippen LogP contribution is 2.42. The van der Waals surface area contributed by atoms with Gasteiger partial charge in [0.1, 0.15) is 4.75 Å². The van der Waals surface area contributed by atoms with Crippen LogP contribution in [0, 0.1) is 11.3 Å². The summed E-state index contributed by atoms with van der Waals surface area (Å²) in [4.78, 5) is 17.2. The molecule has 1 aromatic heterocycles. The molecule has 0 bridgehead atoms. The molecule has 0 fully saturated rings. The number of thioether (sulfide) groups is 1. The summed E-state index contributed by atoms with van der Waals surface area (Å²) in [5.41, 5.74) is 3.36. The van der Waals surface area contributed by atoms with Crippen LogP contribution in [-0.2, 0) is 4.79 Å². The van der Waals surface area contributed by atoms with Crippen LogP contribution in [0.4, 0.5) is 0 Å². The van der Waals surface area contributed by atoms with Crippen LogP contribution in [0.2, 0.25) is 0 Å². The summed E-state index contributed by atoms with van der Waals surface area (Å²) in [6, 6.07) is 17.4. The monoisotopic (exact) mass is 376 g/mol. The first-order chi connectivity index (χ1) is 13.0. The van der Waals surface area contributed by atoms with Crippen LogP contribution >= 0.6 is 11.8 Å². The fraction of sp³-hybridized carbons (Fsp3) is 0.227. The van der Waals surface area contributed by atoms with E-state index >= 15 is 0 Å². The topological polar surface area (TPSA) is 74.0 Å². The smallest absolute Gasteiger partial charge is 0.320 e. The van der Waals surface area contributed by atoms with Gasteiger partial charge in [-0.25, -0.2) is 0 Å². The number of carbonyl (C=O) groups is 1. The molecule has 0 aliphatic rings. The average molecular weight is 376 g/mol. The van der Waals surface area contributed by atoms with Gasteiger partial charge in [-0.1, -0.05) is 32.0 Å². The maximum atomic E-state index is 11.9. The Morgan fingerprint density at radius 3 is 2.56 bits per heavy atom. The molecular weight excluding hydrogens is 356 g/mol. The molecule has 2 aromatic carbocycles. The van der Waals surface area contributed by atoms with Gasteiger partial charge in [-0.05, 0) is 54.3 Å². The third-order valence-electron chi connectivity index (χ3n) is 4.86. The zero-order chi connectivity index (χ0) is 19.4. The first kappa shape index (κ1) is 18.9. The lowest BCUT2D eigenvalue weighted by Crippen LogP contribution is -2.33. The molecule has 1 heterocycles. The van der Waals surface area contributed by atoms with Gasteiger partial charge >= 0.3 is 5.97 Å². The first-order valence-electron chi connectivity index (χ1n) is 8.84. The lowest BCUT2D eigenvalue weighted by atomic mass is 10.0. The van der Waals surface area contributed by atoms with E-state index in [0.29, 0.717) is 18.4 Å². The molecule has 27 heavy (non-hydrogen) atoms. The molecule has 0 aliphatic carbocycles. The number of pyridine rings is 1. The van der Waals surface area contributed by atoms with Crippen LogP contribution < -0.4 is 0 Å². The van der Waals surface area contributed by atoms with Gasteiger partial charge in [0.25, 0.3) is 0 Å². The number of fused-ring (bicyclic) bond motifs is 1. The number of nitrogens with zero attached hydrogens (tertiary/aromatic N) is 2. The Kier molecular flexibility index (Phi) is 5.48. The standard InChI is InChI=1S/C22H20N2O2S/c1-3-22(4-2,21(25)26)27-20-10-11-24-19-9-8-17(13-18(19)20)16-7-5-6-15(12-16)14-23/h5-13H,3-4H2,1-2H3,(H,25,26). The first-order valence-corrected chi connectivity index (χ1v) is 9.66.